The van der Waals surface area contributed by atoms with Gasteiger partial charge in [0.15, 0.2) is 4.91 Å². The van der Waals surface area contributed by atoms with Crippen LogP contribution in [0, 0.1) is 0 Å². The van der Waals surface area contributed by atoms with Crippen molar-refractivity contribution in [2.24, 2.45) is 0 Å². The summed E-state index contributed by atoms with van der Waals surface area (Å²) < 4.78 is 29.7. The van der Waals surface area contributed by atoms with Crippen LogP contribution in [0.2, 0.25) is 0 Å². The largest absolute Gasteiger partial charge is 0.367 e. The summed E-state index contributed by atoms with van der Waals surface area (Å²) in [7, 11) is -4.14. The Morgan fingerprint density at radius 1 is 0.900 bits per heavy atom. The lowest BCUT2D eigenvalue weighted by Gasteiger charge is -2.31. The van der Waals surface area contributed by atoms with Crippen molar-refractivity contribution in [1.29, 1.82) is 0 Å². The summed E-state index contributed by atoms with van der Waals surface area (Å²) >= 11 is 0. The Bertz CT molecular complexity index is 922. The zero-order valence-corrected chi connectivity index (χ0v) is 18.8. The molecule has 0 saturated heterocycles. The first-order chi connectivity index (χ1) is 14.4. The first kappa shape index (κ1) is 22.7. The van der Waals surface area contributed by atoms with Crippen LogP contribution in [0.15, 0.2) is 34.9 Å². The summed E-state index contributed by atoms with van der Waals surface area (Å²) in [4.78, 5) is 28.2. The minimum atomic E-state index is -4.14. The summed E-state index contributed by atoms with van der Waals surface area (Å²) in [5.41, 5.74) is 0.479. The first-order valence-electron chi connectivity index (χ1n) is 11.1. The molecule has 30 heavy (non-hydrogen) atoms. The van der Waals surface area contributed by atoms with Crippen molar-refractivity contribution < 1.29 is 18.0 Å². The Kier molecular flexibility index (Phi) is 7.47. The Labute approximate surface area is 179 Å². The fourth-order valence-electron chi connectivity index (χ4n) is 4.43. The van der Waals surface area contributed by atoms with Crippen molar-refractivity contribution in [3.8, 4) is 0 Å². The van der Waals surface area contributed by atoms with Gasteiger partial charge in [0.2, 0.25) is 21.6 Å². The first-order valence-corrected chi connectivity index (χ1v) is 12.6. The van der Waals surface area contributed by atoms with Crippen LogP contribution in [0.1, 0.15) is 85.9 Å². The molecule has 0 unspecified atom stereocenters. The summed E-state index contributed by atoms with van der Waals surface area (Å²) in [5, 5.41) is 0. The van der Waals surface area contributed by atoms with E-state index >= 15 is 0 Å². The van der Waals surface area contributed by atoms with Crippen LogP contribution in [0.25, 0.3) is 0 Å². The SMILES string of the molecule is CCCN(CCC)C1=C(S(=O)(=O)NC2CCCCCC2)C(=O)c2ccccc2C1=O. The normalized spacial score (nSPS) is 18.3. The number of carbonyl (C=O) groups excluding carboxylic acids is 2. The summed E-state index contributed by atoms with van der Waals surface area (Å²) in [6.07, 6.45) is 7.13. The highest BCUT2D eigenvalue weighted by atomic mass is 32.2. The van der Waals surface area contributed by atoms with Crippen LogP contribution in [0.3, 0.4) is 0 Å². The molecule has 3 rings (SSSR count). The van der Waals surface area contributed by atoms with E-state index in [9.17, 15) is 18.0 Å². The highest BCUT2D eigenvalue weighted by molar-refractivity contribution is 7.94. The minimum absolute atomic E-state index is 0.0310. The zero-order valence-electron chi connectivity index (χ0n) is 17.9. The monoisotopic (exact) mass is 432 g/mol. The summed E-state index contributed by atoms with van der Waals surface area (Å²) in [6.45, 7) is 4.99. The van der Waals surface area contributed by atoms with Crippen molar-refractivity contribution in [2.45, 2.75) is 71.3 Å². The Hall–Kier alpha value is -1.99. The molecule has 0 radical (unpaired) electrons. The molecule has 164 valence electrons. The van der Waals surface area contributed by atoms with Gasteiger partial charge in [0.25, 0.3) is 0 Å². The van der Waals surface area contributed by atoms with Gasteiger partial charge in [-0.05, 0) is 25.7 Å². The molecule has 1 aromatic carbocycles. The van der Waals surface area contributed by atoms with Crippen molar-refractivity contribution in [1.82, 2.24) is 9.62 Å². The molecule has 1 N–H and O–H groups in total. The van der Waals surface area contributed by atoms with E-state index in [1.165, 1.54) is 6.07 Å². The fraction of sp³-hybridized carbons (Fsp3) is 0.565. The van der Waals surface area contributed by atoms with Gasteiger partial charge in [0.05, 0.1) is 0 Å². The maximum atomic E-state index is 13.5. The molecule has 0 heterocycles. The Morgan fingerprint density at radius 3 is 1.97 bits per heavy atom. The Morgan fingerprint density at radius 2 is 1.43 bits per heavy atom. The van der Waals surface area contributed by atoms with E-state index in [1.54, 1.807) is 23.1 Å². The highest BCUT2D eigenvalue weighted by Crippen LogP contribution is 2.32. The molecule has 1 aromatic rings. The van der Waals surface area contributed by atoms with Crippen LogP contribution in [-0.4, -0.2) is 44.0 Å². The molecule has 0 bridgehead atoms. The van der Waals surface area contributed by atoms with Crippen LogP contribution in [0.4, 0.5) is 0 Å². The molecule has 6 nitrogen and oxygen atoms in total. The van der Waals surface area contributed by atoms with E-state index in [4.69, 9.17) is 0 Å². The lowest BCUT2D eigenvalue weighted by atomic mass is 9.91. The number of fused-ring (bicyclic) bond motifs is 1. The highest BCUT2D eigenvalue weighted by Gasteiger charge is 2.41. The van der Waals surface area contributed by atoms with E-state index in [-0.39, 0.29) is 33.6 Å². The number of rotatable bonds is 8. The molecular weight excluding hydrogens is 400 g/mol. The lowest BCUT2D eigenvalue weighted by molar-refractivity contribution is 0.0946. The van der Waals surface area contributed by atoms with Crippen LogP contribution in [0.5, 0.6) is 0 Å². The molecule has 2 aliphatic carbocycles. The quantitative estimate of drug-likeness (QED) is 0.627. The number of nitrogens with one attached hydrogen (secondary N) is 1. The molecule has 0 spiro atoms. The number of allylic oxidation sites excluding steroid dienone is 2. The molecular formula is C23H32N2O4S. The van der Waals surface area contributed by atoms with Gasteiger partial charge in [-0.25, -0.2) is 13.1 Å². The number of ketones is 2. The third-order valence-corrected chi connectivity index (χ3v) is 7.36. The van der Waals surface area contributed by atoms with Gasteiger partial charge in [-0.3, -0.25) is 9.59 Å². The molecule has 0 aromatic heterocycles. The van der Waals surface area contributed by atoms with Crippen molar-refractivity contribution in [3.05, 3.63) is 46.0 Å². The van der Waals surface area contributed by atoms with Crippen molar-refractivity contribution >= 4 is 21.6 Å². The van der Waals surface area contributed by atoms with Crippen LogP contribution >= 0.6 is 0 Å². The Balaban J connectivity index is 2.11. The van der Waals surface area contributed by atoms with Gasteiger partial charge >= 0.3 is 0 Å². The topological polar surface area (TPSA) is 83.6 Å². The lowest BCUT2D eigenvalue weighted by Crippen LogP contribution is -2.43. The second-order valence-electron chi connectivity index (χ2n) is 8.18. The second-order valence-corrected chi connectivity index (χ2v) is 9.83. The number of Topliss-reactive ketones (excluding diaryl/α,β-unsaturated/α-hetero) is 2. The van der Waals surface area contributed by atoms with E-state index in [1.807, 2.05) is 13.8 Å². The summed E-state index contributed by atoms with van der Waals surface area (Å²) in [5.74, 6) is -0.966. The second kappa shape index (κ2) is 9.88. The van der Waals surface area contributed by atoms with E-state index in [2.05, 4.69) is 4.72 Å². The maximum absolute atomic E-state index is 13.5. The average molecular weight is 433 g/mol. The number of nitrogens with zero attached hydrogens (tertiary/aromatic N) is 1. The van der Waals surface area contributed by atoms with Gasteiger partial charge in [-0.15, -0.1) is 0 Å². The molecule has 0 atom stereocenters. The zero-order chi connectivity index (χ0) is 21.7. The molecule has 2 aliphatic rings. The van der Waals surface area contributed by atoms with Gasteiger partial charge in [-0.2, -0.15) is 0 Å². The van der Waals surface area contributed by atoms with Gasteiger partial charge in [-0.1, -0.05) is 63.8 Å². The van der Waals surface area contributed by atoms with Crippen LogP contribution < -0.4 is 4.72 Å². The van der Waals surface area contributed by atoms with E-state index < -0.39 is 15.8 Å². The van der Waals surface area contributed by atoms with Crippen molar-refractivity contribution in [2.75, 3.05) is 13.1 Å². The number of hydrogen-bond acceptors (Lipinski definition) is 5. The van der Waals surface area contributed by atoms with Gasteiger partial charge in [0, 0.05) is 30.3 Å². The number of carbonyl (C=O) groups is 2. The predicted octanol–water partition coefficient (Wildman–Crippen LogP) is 4.04. The minimum Gasteiger partial charge on any atom is -0.367 e. The van der Waals surface area contributed by atoms with Crippen molar-refractivity contribution in [3.63, 3.8) is 0 Å². The van der Waals surface area contributed by atoms with E-state index in [0.717, 1.165) is 51.4 Å². The van der Waals surface area contributed by atoms with Gasteiger partial charge < -0.3 is 4.90 Å². The third kappa shape index (κ3) is 4.67. The molecule has 1 fully saturated rings. The predicted molar refractivity (Wildman–Crippen MR) is 118 cm³/mol. The number of sulfonamides is 1. The third-order valence-electron chi connectivity index (χ3n) is 5.80. The molecule has 0 amide bonds. The maximum Gasteiger partial charge on any atom is 0.246 e. The molecule has 1 saturated carbocycles. The standard InChI is InChI=1S/C23H32N2O4S/c1-3-15-25(16-4-2)20-21(26)18-13-9-10-14-19(18)22(27)23(20)30(28,29)24-17-11-7-5-6-8-12-17/h9-10,13-14,17,24H,3-8,11-12,15-16H2,1-2H3. The molecule has 0 aliphatic heterocycles. The van der Waals surface area contributed by atoms with Gasteiger partial charge in [0.1, 0.15) is 5.70 Å². The molecule has 7 heteroatoms. The summed E-state index contributed by atoms with van der Waals surface area (Å²) in [6, 6.07) is 6.31. The smallest absolute Gasteiger partial charge is 0.246 e. The van der Waals surface area contributed by atoms with E-state index in [0.29, 0.717) is 13.1 Å². The number of benzene rings is 1. The number of hydrogen-bond donors (Lipinski definition) is 1. The average Bonchev–Trinajstić information content (AvgIpc) is 2.98. The van der Waals surface area contributed by atoms with Crippen LogP contribution in [-0.2, 0) is 10.0 Å². The fourth-order valence-corrected chi connectivity index (χ4v) is 6.05.